The summed E-state index contributed by atoms with van der Waals surface area (Å²) in [7, 11) is 0. The molecule has 98 valence electrons. The third-order valence-electron chi connectivity index (χ3n) is 3.38. The Bertz CT molecular complexity index is 402. The van der Waals surface area contributed by atoms with Crippen LogP contribution in [0.3, 0.4) is 0 Å². The predicted octanol–water partition coefficient (Wildman–Crippen LogP) is 2.59. The van der Waals surface area contributed by atoms with E-state index in [0.717, 1.165) is 43.7 Å². The van der Waals surface area contributed by atoms with E-state index in [1.807, 2.05) is 17.2 Å². The van der Waals surface area contributed by atoms with Crippen molar-refractivity contribution in [2.45, 2.75) is 39.2 Å². The number of amides is 1. The number of hydrogen-bond donors (Lipinski definition) is 1. The van der Waals surface area contributed by atoms with Crippen LogP contribution < -0.4 is 5.32 Å². The van der Waals surface area contributed by atoms with E-state index < -0.39 is 0 Å². The van der Waals surface area contributed by atoms with Crippen molar-refractivity contribution >= 4 is 11.7 Å². The maximum atomic E-state index is 11.5. The first kappa shape index (κ1) is 12.9. The van der Waals surface area contributed by atoms with Crippen molar-refractivity contribution in [2.24, 2.45) is 0 Å². The van der Waals surface area contributed by atoms with Gasteiger partial charge in [0.15, 0.2) is 0 Å². The molecule has 2 rings (SSSR count). The molecule has 0 aromatic carbocycles. The molecule has 4 heteroatoms. The van der Waals surface area contributed by atoms with E-state index in [9.17, 15) is 4.79 Å². The van der Waals surface area contributed by atoms with E-state index >= 15 is 0 Å². The van der Waals surface area contributed by atoms with Crippen molar-refractivity contribution < 1.29 is 4.79 Å². The summed E-state index contributed by atoms with van der Waals surface area (Å²) >= 11 is 0. The molecule has 2 heterocycles. The maximum Gasteiger partial charge on any atom is 0.219 e. The molecule has 1 fully saturated rings. The van der Waals surface area contributed by atoms with Gasteiger partial charge in [0.25, 0.3) is 0 Å². The molecule has 18 heavy (non-hydrogen) atoms. The summed E-state index contributed by atoms with van der Waals surface area (Å²) in [6.07, 6.45) is 5.11. The zero-order valence-corrected chi connectivity index (χ0v) is 11.1. The maximum absolute atomic E-state index is 11.5. The van der Waals surface area contributed by atoms with Crippen molar-refractivity contribution in [1.82, 2.24) is 9.88 Å². The van der Waals surface area contributed by atoms with Gasteiger partial charge in [-0.1, -0.05) is 13.0 Å². The summed E-state index contributed by atoms with van der Waals surface area (Å²) < 4.78 is 0. The van der Waals surface area contributed by atoms with Gasteiger partial charge in [-0.15, -0.1) is 0 Å². The third kappa shape index (κ3) is 2.81. The van der Waals surface area contributed by atoms with E-state index in [1.165, 1.54) is 0 Å². The van der Waals surface area contributed by atoms with Crippen LogP contribution in [0.1, 0.15) is 44.7 Å². The largest absolute Gasteiger partial charge is 0.370 e. The minimum atomic E-state index is 0.158. The fourth-order valence-electron chi connectivity index (χ4n) is 2.45. The minimum absolute atomic E-state index is 0.158. The highest BCUT2D eigenvalue weighted by Crippen LogP contribution is 2.31. The number of likely N-dealkylation sites (tertiary alicyclic amines) is 1. The number of anilines is 1. The van der Waals surface area contributed by atoms with Gasteiger partial charge in [0.05, 0.1) is 6.04 Å². The van der Waals surface area contributed by atoms with E-state index in [1.54, 1.807) is 6.92 Å². The Labute approximate surface area is 108 Å². The summed E-state index contributed by atoms with van der Waals surface area (Å²) in [5.41, 5.74) is 1.14. The van der Waals surface area contributed by atoms with Crippen molar-refractivity contribution in [3.63, 3.8) is 0 Å². The van der Waals surface area contributed by atoms with E-state index in [4.69, 9.17) is 0 Å². The summed E-state index contributed by atoms with van der Waals surface area (Å²) in [4.78, 5) is 17.9. The lowest BCUT2D eigenvalue weighted by Crippen LogP contribution is -2.28. The average molecular weight is 247 g/mol. The predicted molar refractivity (Wildman–Crippen MR) is 72.4 cm³/mol. The van der Waals surface area contributed by atoms with Gasteiger partial charge in [-0.3, -0.25) is 4.79 Å². The second kappa shape index (κ2) is 5.85. The fourth-order valence-corrected chi connectivity index (χ4v) is 2.45. The van der Waals surface area contributed by atoms with Crippen LogP contribution in [-0.4, -0.2) is 28.9 Å². The van der Waals surface area contributed by atoms with Gasteiger partial charge in [0.2, 0.25) is 5.91 Å². The number of hydrogen-bond acceptors (Lipinski definition) is 3. The molecule has 1 unspecified atom stereocenters. The molecule has 1 aromatic rings. The van der Waals surface area contributed by atoms with Gasteiger partial charge in [0, 0.05) is 26.2 Å². The number of aromatic nitrogens is 1. The molecule has 1 N–H and O–H groups in total. The second-order valence-corrected chi connectivity index (χ2v) is 4.77. The topological polar surface area (TPSA) is 45.2 Å². The Morgan fingerprint density at radius 3 is 3.00 bits per heavy atom. The summed E-state index contributed by atoms with van der Waals surface area (Å²) in [6.45, 7) is 5.58. The number of nitrogens with one attached hydrogen (secondary N) is 1. The smallest absolute Gasteiger partial charge is 0.219 e. The van der Waals surface area contributed by atoms with Gasteiger partial charge in [-0.05, 0) is 30.9 Å². The van der Waals surface area contributed by atoms with Crippen LogP contribution in [0.15, 0.2) is 18.3 Å². The number of carbonyl (C=O) groups excluding carboxylic acids is 1. The highest BCUT2D eigenvalue weighted by molar-refractivity contribution is 5.74. The molecule has 1 aromatic heterocycles. The molecule has 0 radical (unpaired) electrons. The zero-order chi connectivity index (χ0) is 13.0. The van der Waals surface area contributed by atoms with Crippen molar-refractivity contribution in [1.29, 1.82) is 0 Å². The molecule has 1 aliphatic heterocycles. The van der Waals surface area contributed by atoms with Crippen LogP contribution in [0.25, 0.3) is 0 Å². The second-order valence-electron chi connectivity index (χ2n) is 4.77. The van der Waals surface area contributed by atoms with E-state index in [-0.39, 0.29) is 11.9 Å². The molecule has 0 saturated carbocycles. The quantitative estimate of drug-likeness (QED) is 0.889. The van der Waals surface area contributed by atoms with Crippen molar-refractivity contribution in [3.05, 3.63) is 23.9 Å². The molecule has 0 aliphatic carbocycles. The Morgan fingerprint density at radius 1 is 1.56 bits per heavy atom. The first-order chi connectivity index (χ1) is 8.72. The number of pyridine rings is 1. The van der Waals surface area contributed by atoms with Crippen LogP contribution in [-0.2, 0) is 4.79 Å². The van der Waals surface area contributed by atoms with Gasteiger partial charge in [0.1, 0.15) is 5.82 Å². The van der Waals surface area contributed by atoms with Gasteiger partial charge >= 0.3 is 0 Å². The SMILES string of the molecule is CCCNc1ccc(C2CCCN2C(C)=O)cn1. The van der Waals surface area contributed by atoms with E-state index in [0.29, 0.717) is 0 Å². The average Bonchev–Trinajstić information content (AvgIpc) is 2.86. The number of rotatable bonds is 4. The van der Waals surface area contributed by atoms with Crippen LogP contribution in [0.2, 0.25) is 0 Å². The molecule has 0 bridgehead atoms. The Hall–Kier alpha value is -1.58. The first-order valence-electron chi connectivity index (χ1n) is 6.69. The zero-order valence-electron chi connectivity index (χ0n) is 11.1. The van der Waals surface area contributed by atoms with Gasteiger partial charge in [-0.2, -0.15) is 0 Å². The minimum Gasteiger partial charge on any atom is -0.370 e. The lowest BCUT2D eigenvalue weighted by Gasteiger charge is -2.23. The lowest BCUT2D eigenvalue weighted by atomic mass is 10.1. The first-order valence-corrected chi connectivity index (χ1v) is 6.69. The molecule has 1 amide bonds. The van der Waals surface area contributed by atoms with Crippen LogP contribution >= 0.6 is 0 Å². The molecular weight excluding hydrogens is 226 g/mol. The Kier molecular flexibility index (Phi) is 4.18. The standard InChI is InChI=1S/C14H21N3O/c1-3-8-15-14-7-6-12(10-16-14)13-5-4-9-17(13)11(2)18/h6-7,10,13H,3-5,8-9H2,1-2H3,(H,15,16). The normalized spacial score (nSPS) is 19.0. The monoisotopic (exact) mass is 247 g/mol. The summed E-state index contributed by atoms with van der Waals surface area (Å²) in [5, 5.41) is 3.25. The highest BCUT2D eigenvalue weighted by atomic mass is 16.2. The van der Waals surface area contributed by atoms with Crippen LogP contribution in [0.4, 0.5) is 5.82 Å². The molecule has 0 spiro atoms. The van der Waals surface area contributed by atoms with Crippen LogP contribution in [0.5, 0.6) is 0 Å². The number of carbonyl (C=O) groups is 1. The molecular formula is C14H21N3O. The van der Waals surface area contributed by atoms with Crippen LogP contribution in [0, 0.1) is 0 Å². The lowest BCUT2D eigenvalue weighted by molar-refractivity contribution is -0.129. The highest BCUT2D eigenvalue weighted by Gasteiger charge is 2.27. The molecule has 1 atom stereocenters. The Balaban J connectivity index is 2.06. The number of nitrogens with zero attached hydrogens (tertiary/aromatic N) is 2. The van der Waals surface area contributed by atoms with Crippen molar-refractivity contribution in [3.8, 4) is 0 Å². The van der Waals surface area contributed by atoms with Crippen molar-refractivity contribution in [2.75, 3.05) is 18.4 Å². The molecule has 1 saturated heterocycles. The molecule has 4 nitrogen and oxygen atoms in total. The van der Waals surface area contributed by atoms with E-state index in [2.05, 4.69) is 23.3 Å². The van der Waals surface area contributed by atoms with Gasteiger partial charge < -0.3 is 10.2 Å². The van der Waals surface area contributed by atoms with Gasteiger partial charge in [-0.25, -0.2) is 4.98 Å². The third-order valence-corrected chi connectivity index (χ3v) is 3.38. The fraction of sp³-hybridized carbons (Fsp3) is 0.571. The summed E-state index contributed by atoms with van der Waals surface area (Å²) in [5.74, 6) is 1.07. The Morgan fingerprint density at radius 2 is 2.39 bits per heavy atom. The summed E-state index contributed by atoms with van der Waals surface area (Å²) in [6, 6.07) is 4.30. The molecule has 1 aliphatic rings.